The molecule has 0 atom stereocenters. The average molecular weight is 241 g/mol. The van der Waals surface area contributed by atoms with Crippen LogP contribution < -0.4 is 5.73 Å². The van der Waals surface area contributed by atoms with E-state index in [1.165, 1.54) is 6.07 Å². The highest BCUT2D eigenvalue weighted by molar-refractivity contribution is 6.33. The summed E-state index contributed by atoms with van der Waals surface area (Å²) in [7, 11) is 1.76. The van der Waals surface area contributed by atoms with Crippen LogP contribution >= 0.6 is 11.6 Å². The van der Waals surface area contributed by atoms with Crippen LogP contribution in [0.1, 0.15) is 5.82 Å². The van der Waals surface area contributed by atoms with E-state index in [0.717, 1.165) is 0 Å². The second kappa shape index (κ2) is 4.19. The normalized spacial score (nSPS) is 10.8. The standard InChI is InChI=1S/C10H10ClFN4/c1-16-8(5-13)14-15-10(16)6-3-2-4-7(12)9(6)11/h2-4H,5,13H2,1H3. The molecule has 6 heteroatoms. The maximum absolute atomic E-state index is 13.3. The van der Waals surface area contributed by atoms with Gasteiger partial charge in [0.15, 0.2) is 5.82 Å². The van der Waals surface area contributed by atoms with Crippen molar-refractivity contribution in [2.24, 2.45) is 12.8 Å². The molecule has 1 aromatic heterocycles. The number of rotatable bonds is 2. The Bertz CT molecular complexity index is 524. The van der Waals surface area contributed by atoms with Crippen molar-refractivity contribution in [2.75, 3.05) is 0 Å². The van der Waals surface area contributed by atoms with Crippen molar-refractivity contribution in [3.05, 3.63) is 34.9 Å². The Morgan fingerprint density at radius 1 is 1.44 bits per heavy atom. The molecule has 0 aliphatic rings. The van der Waals surface area contributed by atoms with Gasteiger partial charge in [-0.3, -0.25) is 0 Å². The summed E-state index contributed by atoms with van der Waals surface area (Å²) < 4.78 is 15.0. The minimum Gasteiger partial charge on any atom is -0.324 e. The topological polar surface area (TPSA) is 56.7 Å². The van der Waals surface area contributed by atoms with Crippen LogP contribution in [-0.4, -0.2) is 14.8 Å². The molecule has 84 valence electrons. The number of hydrogen-bond acceptors (Lipinski definition) is 3. The number of benzene rings is 1. The third-order valence-electron chi connectivity index (χ3n) is 2.34. The fraction of sp³-hybridized carbons (Fsp3) is 0.200. The van der Waals surface area contributed by atoms with Gasteiger partial charge in [-0.25, -0.2) is 4.39 Å². The molecule has 0 radical (unpaired) electrons. The summed E-state index contributed by atoms with van der Waals surface area (Å²) in [5.41, 5.74) is 5.99. The third-order valence-corrected chi connectivity index (χ3v) is 2.72. The second-order valence-electron chi connectivity index (χ2n) is 3.30. The van der Waals surface area contributed by atoms with Crippen molar-refractivity contribution in [2.45, 2.75) is 6.54 Å². The monoisotopic (exact) mass is 240 g/mol. The largest absolute Gasteiger partial charge is 0.324 e. The van der Waals surface area contributed by atoms with Crippen molar-refractivity contribution in [1.29, 1.82) is 0 Å². The summed E-state index contributed by atoms with van der Waals surface area (Å²) in [6.45, 7) is 0.274. The van der Waals surface area contributed by atoms with Gasteiger partial charge in [0.2, 0.25) is 0 Å². The zero-order chi connectivity index (χ0) is 11.7. The Balaban J connectivity index is 2.59. The summed E-state index contributed by atoms with van der Waals surface area (Å²) in [4.78, 5) is 0. The Morgan fingerprint density at radius 3 is 2.81 bits per heavy atom. The maximum Gasteiger partial charge on any atom is 0.165 e. The smallest absolute Gasteiger partial charge is 0.165 e. The minimum absolute atomic E-state index is 0.0431. The maximum atomic E-state index is 13.3. The van der Waals surface area contributed by atoms with Gasteiger partial charge in [0.05, 0.1) is 11.6 Å². The van der Waals surface area contributed by atoms with Gasteiger partial charge in [0, 0.05) is 12.6 Å². The molecule has 1 heterocycles. The van der Waals surface area contributed by atoms with Gasteiger partial charge >= 0.3 is 0 Å². The molecular weight excluding hydrogens is 231 g/mol. The zero-order valence-corrected chi connectivity index (χ0v) is 9.37. The predicted octanol–water partition coefficient (Wildman–Crippen LogP) is 1.73. The SMILES string of the molecule is Cn1c(CN)nnc1-c1cccc(F)c1Cl. The van der Waals surface area contributed by atoms with Crippen LogP contribution in [0.5, 0.6) is 0 Å². The lowest BCUT2D eigenvalue weighted by Crippen LogP contribution is -2.05. The molecule has 2 aromatic rings. The lowest BCUT2D eigenvalue weighted by Gasteiger charge is -2.05. The number of nitrogens with two attached hydrogens (primary N) is 1. The third kappa shape index (κ3) is 1.68. The Hall–Kier alpha value is -1.46. The fourth-order valence-corrected chi connectivity index (χ4v) is 1.66. The molecule has 2 N–H and O–H groups in total. The summed E-state index contributed by atoms with van der Waals surface area (Å²) in [6.07, 6.45) is 0. The van der Waals surface area contributed by atoms with E-state index in [1.54, 1.807) is 23.7 Å². The summed E-state index contributed by atoms with van der Waals surface area (Å²) in [5, 5.41) is 7.87. The molecule has 0 saturated heterocycles. The van der Waals surface area contributed by atoms with Crippen LogP contribution in [0.25, 0.3) is 11.4 Å². The lowest BCUT2D eigenvalue weighted by atomic mass is 10.2. The predicted molar refractivity (Wildman–Crippen MR) is 59.3 cm³/mol. The average Bonchev–Trinajstić information content (AvgIpc) is 2.64. The van der Waals surface area contributed by atoms with E-state index in [0.29, 0.717) is 17.2 Å². The first-order valence-electron chi connectivity index (χ1n) is 4.68. The van der Waals surface area contributed by atoms with Gasteiger partial charge < -0.3 is 10.3 Å². The molecule has 0 aliphatic heterocycles. The van der Waals surface area contributed by atoms with E-state index in [4.69, 9.17) is 17.3 Å². The van der Waals surface area contributed by atoms with E-state index in [9.17, 15) is 4.39 Å². The van der Waals surface area contributed by atoms with Crippen molar-refractivity contribution >= 4 is 11.6 Å². The highest BCUT2D eigenvalue weighted by Crippen LogP contribution is 2.28. The van der Waals surface area contributed by atoms with Gasteiger partial charge in [0.25, 0.3) is 0 Å². The van der Waals surface area contributed by atoms with E-state index < -0.39 is 5.82 Å². The number of aromatic nitrogens is 3. The van der Waals surface area contributed by atoms with Crippen LogP contribution in [0.15, 0.2) is 18.2 Å². The van der Waals surface area contributed by atoms with Crippen molar-refractivity contribution < 1.29 is 4.39 Å². The quantitative estimate of drug-likeness (QED) is 0.870. The highest BCUT2D eigenvalue weighted by atomic mass is 35.5. The molecule has 16 heavy (non-hydrogen) atoms. The minimum atomic E-state index is -0.475. The van der Waals surface area contributed by atoms with Crippen molar-refractivity contribution in [3.63, 3.8) is 0 Å². The van der Waals surface area contributed by atoms with Crippen LogP contribution in [0, 0.1) is 5.82 Å². The van der Waals surface area contributed by atoms with Gasteiger partial charge in [0.1, 0.15) is 11.6 Å². The second-order valence-corrected chi connectivity index (χ2v) is 3.68. The van der Waals surface area contributed by atoms with Gasteiger partial charge in [-0.1, -0.05) is 17.7 Å². The molecule has 0 amide bonds. The molecule has 2 rings (SSSR count). The molecule has 0 saturated carbocycles. The zero-order valence-electron chi connectivity index (χ0n) is 8.61. The molecule has 0 unspecified atom stereocenters. The van der Waals surface area contributed by atoms with E-state index in [2.05, 4.69) is 10.2 Å². The van der Waals surface area contributed by atoms with Gasteiger partial charge in [-0.15, -0.1) is 10.2 Å². The van der Waals surface area contributed by atoms with Crippen LogP contribution in [0.2, 0.25) is 5.02 Å². The first-order valence-corrected chi connectivity index (χ1v) is 5.05. The molecule has 0 spiro atoms. The molecule has 4 nitrogen and oxygen atoms in total. The number of halogens is 2. The lowest BCUT2D eigenvalue weighted by molar-refractivity contribution is 0.628. The highest BCUT2D eigenvalue weighted by Gasteiger charge is 2.14. The van der Waals surface area contributed by atoms with Crippen LogP contribution in [-0.2, 0) is 13.6 Å². The Morgan fingerprint density at radius 2 is 2.19 bits per heavy atom. The Labute approximate surface area is 96.9 Å². The first-order chi connectivity index (χ1) is 7.65. The van der Waals surface area contributed by atoms with E-state index in [1.807, 2.05) is 0 Å². The van der Waals surface area contributed by atoms with E-state index in [-0.39, 0.29) is 11.6 Å². The summed E-state index contributed by atoms with van der Waals surface area (Å²) in [5.74, 6) is 0.650. The van der Waals surface area contributed by atoms with Crippen molar-refractivity contribution in [1.82, 2.24) is 14.8 Å². The van der Waals surface area contributed by atoms with Gasteiger partial charge in [-0.05, 0) is 12.1 Å². The van der Waals surface area contributed by atoms with Crippen LogP contribution in [0.4, 0.5) is 4.39 Å². The first kappa shape index (κ1) is 11.0. The van der Waals surface area contributed by atoms with Gasteiger partial charge in [-0.2, -0.15) is 0 Å². The summed E-state index contributed by atoms with van der Waals surface area (Å²) in [6, 6.07) is 4.56. The van der Waals surface area contributed by atoms with Crippen molar-refractivity contribution in [3.8, 4) is 11.4 Å². The summed E-state index contributed by atoms with van der Waals surface area (Å²) >= 11 is 5.86. The number of nitrogens with zero attached hydrogens (tertiary/aromatic N) is 3. The molecule has 0 aliphatic carbocycles. The Kier molecular flexibility index (Phi) is 2.89. The fourth-order valence-electron chi connectivity index (χ4n) is 1.45. The number of hydrogen-bond donors (Lipinski definition) is 1. The molecule has 1 aromatic carbocycles. The molecule has 0 fully saturated rings. The van der Waals surface area contributed by atoms with E-state index >= 15 is 0 Å². The molecular formula is C10H10ClFN4. The molecule has 0 bridgehead atoms. The van der Waals surface area contributed by atoms with Crippen LogP contribution in [0.3, 0.4) is 0 Å².